The van der Waals surface area contributed by atoms with Crippen LogP contribution in [0.5, 0.6) is 0 Å². The molecule has 0 radical (unpaired) electrons. The van der Waals surface area contributed by atoms with Crippen LogP contribution in [0.4, 0.5) is 0 Å². The van der Waals surface area contributed by atoms with E-state index < -0.39 is 0 Å². The molecule has 0 amide bonds. The molecule has 0 aliphatic carbocycles. The van der Waals surface area contributed by atoms with Crippen LogP contribution in [-0.4, -0.2) is 25.3 Å². The summed E-state index contributed by atoms with van der Waals surface area (Å²) >= 11 is 0. The normalized spacial score (nSPS) is 17.2. The van der Waals surface area contributed by atoms with E-state index in [1.165, 1.54) is 22.8 Å². The molecule has 0 N–H and O–H groups in total. The summed E-state index contributed by atoms with van der Waals surface area (Å²) in [6.07, 6.45) is 2.18. The maximum atomic E-state index is 11.4. The van der Waals surface area contributed by atoms with Crippen LogP contribution in [0.3, 0.4) is 0 Å². The summed E-state index contributed by atoms with van der Waals surface area (Å²) in [6.45, 7) is 11.4. The molecule has 0 aromatic heterocycles. The largest absolute Gasteiger partial charge is 0.462 e. The van der Waals surface area contributed by atoms with Gasteiger partial charge in [0.2, 0.25) is 0 Å². The average molecular weight is 357 g/mol. The highest BCUT2D eigenvalue weighted by molar-refractivity contribution is 5.83. The Bertz CT molecular complexity index is 716. The molecule has 0 bridgehead atoms. The number of carbonyl (C=O) groups excluding carboxylic acids is 1. The summed E-state index contributed by atoms with van der Waals surface area (Å²) in [6, 6.07) is 15.3. The van der Waals surface area contributed by atoms with E-state index in [1.807, 2.05) is 20.8 Å². The molecule has 142 valence electrons. The molecule has 0 saturated carbocycles. The molecule has 1 fully saturated rings. The van der Waals surface area contributed by atoms with Crippen LogP contribution in [0.1, 0.15) is 58.9 Å². The van der Waals surface area contributed by atoms with Crippen LogP contribution < -0.4 is 0 Å². The molecule has 1 aliphatic heterocycles. The summed E-state index contributed by atoms with van der Waals surface area (Å²) in [7, 11) is 0. The zero-order chi connectivity index (χ0) is 19.2. The fourth-order valence-electron chi connectivity index (χ4n) is 2.42. The second-order valence-corrected chi connectivity index (χ2v) is 7.71. The maximum Gasteiger partial charge on any atom is 0.311 e. The van der Waals surface area contributed by atoms with Crippen LogP contribution in [0.25, 0.3) is 10.8 Å². The number of esters is 1. The van der Waals surface area contributed by atoms with Crippen molar-refractivity contribution in [2.45, 2.75) is 59.5 Å². The van der Waals surface area contributed by atoms with Gasteiger partial charge in [-0.2, -0.15) is 0 Å². The number of hydrogen-bond donors (Lipinski definition) is 0. The van der Waals surface area contributed by atoms with E-state index in [0.29, 0.717) is 12.5 Å². The monoisotopic (exact) mass is 356 g/mol. The molecule has 2 aromatic carbocycles. The quantitative estimate of drug-likeness (QED) is 0.491. The van der Waals surface area contributed by atoms with Crippen molar-refractivity contribution in [3.63, 3.8) is 0 Å². The van der Waals surface area contributed by atoms with Crippen LogP contribution >= 0.6 is 0 Å². The molecule has 0 spiro atoms. The first-order valence-corrected chi connectivity index (χ1v) is 9.65. The molecule has 2 aromatic rings. The summed E-state index contributed by atoms with van der Waals surface area (Å²) < 4.78 is 9.99. The van der Waals surface area contributed by atoms with Gasteiger partial charge in [0.25, 0.3) is 0 Å². The molecule has 3 heteroatoms. The molecule has 3 rings (SSSR count). The third-order valence-electron chi connectivity index (χ3n) is 5.19. The Kier molecular flexibility index (Phi) is 7.22. The van der Waals surface area contributed by atoms with Gasteiger partial charge in [0.15, 0.2) is 0 Å². The predicted molar refractivity (Wildman–Crippen MR) is 107 cm³/mol. The molecular formula is C23H32O3. The molecule has 3 nitrogen and oxygen atoms in total. The average Bonchev–Trinajstić information content (AvgIpc) is 3.50. The molecular weight excluding hydrogens is 324 g/mol. The van der Waals surface area contributed by atoms with Gasteiger partial charge in [-0.15, -0.1) is 0 Å². The van der Waals surface area contributed by atoms with Gasteiger partial charge in [0, 0.05) is 0 Å². The predicted octanol–water partition coefficient (Wildman–Crippen LogP) is 5.72. The number of ether oxygens (including phenoxy) is 2. The Morgan fingerprint density at radius 3 is 2.42 bits per heavy atom. The van der Waals surface area contributed by atoms with Crippen LogP contribution in [-0.2, 0) is 14.3 Å². The summed E-state index contributed by atoms with van der Waals surface area (Å²) in [5.74, 6) is 0.542. The van der Waals surface area contributed by atoms with Gasteiger partial charge < -0.3 is 9.47 Å². The van der Waals surface area contributed by atoms with Crippen molar-refractivity contribution in [2.75, 3.05) is 13.2 Å². The van der Waals surface area contributed by atoms with E-state index in [-0.39, 0.29) is 17.5 Å². The van der Waals surface area contributed by atoms with E-state index in [9.17, 15) is 4.79 Å². The number of epoxide rings is 1. The zero-order valence-electron chi connectivity index (χ0n) is 16.7. The van der Waals surface area contributed by atoms with Gasteiger partial charge in [0.05, 0.1) is 12.0 Å². The lowest BCUT2D eigenvalue weighted by molar-refractivity contribution is -0.154. The number of rotatable bonds is 6. The van der Waals surface area contributed by atoms with Gasteiger partial charge >= 0.3 is 5.97 Å². The first kappa shape index (κ1) is 20.4. The topological polar surface area (TPSA) is 38.8 Å². The van der Waals surface area contributed by atoms with Crippen molar-refractivity contribution >= 4 is 16.7 Å². The van der Waals surface area contributed by atoms with Crippen LogP contribution in [0, 0.1) is 5.41 Å². The second-order valence-electron chi connectivity index (χ2n) is 7.71. The molecule has 1 heterocycles. The number of carbonyl (C=O) groups is 1. The Morgan fingerprint density at radius 2 is 1.85 bits per heavy atom. The summed E-state index contributed by atoms with van der Waals surface area (Å²) in [5.41, 5.74) is 1.10. The van der Waals surface area contributed by atoms with E-state index in [4.69, 9.17) is 9.47 Å². The Balaban J connectivity index is 0.000000190. The smallest absolute Gasteiger partial charge is 0.311 e. The minimum atomic E-state index is -0.352. The van der Waals surface area contributed by atoms with Gasteiger partial charge in [-0.05, 0) is 48.9 Å². The molecule has 2 atom stereocenters. The lowest BCUT2D eigenvalue weighted by Gasteiger charge is -2.19. The lowest BCUT2D eigenvalue weighted by atomic mass is 9.91. The number of hydrogen-bond acceptors (Lipinski definition) is 3. The fourth-order valence-corrected chi connectivity index (χ4v) is 2.42. The van der Waals surface area contributed by atoms with Gasteiger partial charge in [0.1, 0.15) is 12.7 Å². The zero-order valence-corrected chi connectivity index (χ0v) is 16.7. The SMILES string of the molecule is CCC(C)(C)C(=O)OCC1CO1.CCC(C)c1ccc2ccccc2c1. The first-order valence-electron chi connectivity index (χ1n) is 9.65. The standard InChI is InChI=1S/C14H16.C9H16O3/c1-3-11(2)13-9-8-12-6-4-5-7-14(12)10-13;1-4-9(2,3)8(10)12-6-7-5-11-7/h4-11H,3H2,1-2H3;7H,4-6H2,1-3H3. The highest BCUT2D eigenvalue weighted by Crippen LogP contribution is 2.23. The van der Waals surface area contributed by atoms with Gasteiger partial charge in [-0.3, -0.25) is 4.79 Å². The maximum absolute atomic E-state index is 11.4. The molecule has 2 unspecified atom stereocenters. The van der Waals surface area contributed by atoms with Crippen molar-refractivity contribution in [3.8, 4) is 0 Å². The van der Waals surface area contributed by atoms with Crippen molar-refractivity contribution in [2.24, 2.45) is 5.41 Å². The van der Waals surface area contributed by atoms with E-state index in [2.05, 4.69) is 56.3 Å². The third-order valence-corrected chi connectivity index (χ3v) is 5.19. The van der Waals surface area contributed by atoms with E-state index in [1.54, 1.807) is 0 Å². The van der Waals surface area contributed by atoms with Gasteiger partial charge in [-0.1, -0.05) is 63.2 Å². The number of fused-ring (bicyclic) bond motifs is 1. The van der Waals surface area contributed by atoms with Crippen LogP contribution in [0.15, 0.2) is 42.5 Å². The Hall–Kier alpha value is -1.87. The Morgan fingerprint density at radius 1 is 1.19 bits per heavy atom. The van der Waals surface area contributed by atoms with Crippen molar-refractivity contribution in [1.29, 1.82) is 0 Å². The first-order chi connectivity index (χ1) is 12.4. The van der Waals surface area contributed by atoms with E-state index in [0.717, 1.165) is 13.0 Å². The highest BCUT2D eigenvalue weighted by Gasteiger charge is 2.30. The third kappa shape index (κ3) is 5.84. The summed E-state index contributed by atoms with van der Waals surface area (Å²) in [5, 5.41) is 2.69. The van der Waals surface area contributed by atoms with Gasteiger partial charge in [-0.25, -0.2) is 0 Å². The Labute approximate surface area is 157 Å². The second kappa shape index (κ2) is 9.18. The summed E-state index contributed by atoms with van der Waals surface area (Å²) in [4.78, 5) is 11.4. The lowest BCUT2D eigenvalue weighted by Crippen LogP contribution is -2.27. The molecule has 26 heavy (non-hydrogen) atoms. The minimum Gasteiger partial charge on any atom is -0.462 e. The number of benzene rings is 2. The van der Waals surface area contributed by atoms with Crippen LogP contribution in [0.2, 0.25) is 0 Å². The highest BCUT2D eigenvalue weighted by atomic mass is 16.6. The van der Waals surface area contributed by atoms with Crippen molar-refractivity contribution in [3.05, 3.63) is 48.0 Å². The van der Waals surface area contributed by atoms with Crippen molar-refractivity contribution in [1.82, 2.24) is 0 Å². The van der Waals surface area contributed by atoms with Crippen molar-refractivity contribution < 1.29 is 14.3 Å². The minimum absolute atomic E-state index is 0.125. The van der Waals surface area contributed by atoms with E-state index >= 15 is 0 Å². The molecule has 1 saturated heterocycles. The molecule has 1 aliphatic rings. The fraction of sp³-hybridized carbons (Fsp3) is 0.522.